The van der Waals surface area contributed by atoms with E-state index in [2.05, 4.69) is 5.32 Å². The van der Waals surface area contributed by atoms with Crippen molar-refractivity contribution in [2.75, 3.05) is 10.2 Å². The number of nitrogens with zero attached hydrogens (tertiary/aromatic N) is 1. The zero-order valence-electron chi connectivity index (χ0n) is 13.1. The van der Waals surface area contributed by atoms with E-state index in [9.17, 15) is 9.59 Å². The maximum absolute atomic E-state index is 11.0. The van der Waals surface area contributed by atoms with Crippen LogP contribution in [-0.2, 0) is 9.59 Å². The topological polar surface area (TPSA) is 49.4 Å². The lowest BCUT2D eigenvalue weighted by atomic mass is 10.2. The summed E-state index contributed by atoms with van der Waals surface area (Å²) in [5.41, 5.74) is 2.57. The normalized spacial score (nSPS) is 9.17. The fraction of sp³-hybridized carbons (Fsp3) is 0. The minimum Gasteiger partial charge on any atom is -0.329 e. The van der Waals surface area contributed by atoms with Crippen LogP contribution in [0.3, 0.4) is 0 Å². The van der Waals surface area contributed by atoms with Crippen molar-refractivity contribution in [3.05, 3.63) is 91.0 Å². The molecule has 0 aliphatic heterocycles. The predicted octanol–water partition coefficient (Wildman–Crippen LogP) is 4.24. The first kappa shape index (κ1) is 17.0. The Morgan fingerprint density at radius 2 is 1.04 bits per heavy atom. The number of nitrogens with one attached hydrogen (secondary N) is 1. The van der Waals surface area contributed by atoms with Crippen molar-refractivity contribution in [2.45, 2.75) is 0 Å². The van der Waals surface area contributed by atoms with Crippen LogP contribution in [0.1, 0.15) is 0 Å². The van der Waals surface area contributed by atoms with Crippen LogP contribution >= 0.6 is 0 Å². The number of para-hydroxylation sites is 3. The maximum Gasteiger partial charge on any atom is 0.218 e. The first-order valence-electron chi connectivity index (χ1n) is 7.45. The van der Waals surface area contributed by atoms with Crippen molar-refractivity contribution in [1.29, 1.82) is 0 Å². The van der Waals surface area contributed by atoms with Gasteiger partial charge >= 0.3 is 0 Å². The van der Waals surface area contributed by atoms with Crippen LogP contribution in [0.5, 0.6) is 0 Å². The number of benzene rings is 3. The molecule has 0 aromatic heterocycles. The smallest absolute Gasteiger partial charge is 0.218 e. The third-order valence-electron chi connectivity index (χ3n) is 3.17. The summed E-state index contributed by atoms with van der Waals surface area (Å²) in [7, 11) is 0. The van der Waals surface area contributed by atoms with Gasteiger partial charge < -0.3 is 5.32 Å². The molecule has 0 spiro atoms. The van der Waals surface area contributed by atoms with Crippen LogP contribution in [0.4, 0.5) is 17.1 Å². The highest BCUT2D eigenvalue weighted by atomic mass is 16.1. The van der Waals surface area contributed by atoms with E-state index in [1.165, 1.54) is 0 Å². The van der Waals surface area contributed by atoms with E-state index in [4.69, 9.17) is 0 Å². The highest BCUT2D eigenvalue weighted by Crippen LogP contribution is 2.22. The first-order chi connectivity index (χ1) is 11.8. The molecule has 4 nitrogen and oxygen atoms in total. The number of hydrogen-bond donors (Lipinski definition) is 1. The zero-order valence-corrected chi connectivity index (χ0v) is 13.1. The van der Waals surface area contributed by atoms with E-state index >= 15 is 0 Å². The molecular formula is C20H18N2O2. The Morgan fingerprint density at radius 1 is 0.625 bits per heavy atom. The summed E-state index contributed by atoms with van der Waals surface area (Å²) in [6.45, 7) is 0. The lowest BCUT2D eigenvalue weighted by Gasteiger charge is -2.16. The molecule has 0 radical (unpaired) electrons. The second-order valence-corrected chi connectivity index (χ2v) is 4.77. The molecular weight excluding hydrogens is 300 g/mol. The monoisotopic (exact) mass is 318 g/mol. The van der Waals surface area contributed by atoms with Gasteiger partial charge in [0.05, 0.1) is 0 Å². The fourth-order valence-electron chi connectivity index (χ4n) is 2.05. The summed E-state index contributed by atoms with van der Waals surface area (Å²) < 4.78 is 0. The Bertz CT molecular complexity index is 692. The Hall–Kier alpha value is -3.40. The molecule has 0 aliphatic rings. The van der Waals surface area contributed by atoms with E-state index in [1.54, 1.807) is 4.90 Å². The third-order valence-corrected chi connectivity index (χ3v) is 3.17. The average Bonchev–Trinajstić information content (AvgIpc) is 2.66. The second-order valence-electron chi connectivity index (χ2n) is 4.77. The van der Waals surface area contributed by atoms with Gasteiger partial charge in [0.2, 0.25) is 12.8 Å². The molecule has 0 saturated heterocycles. The molecule has 0 aliphatic carbocycles. The van der Waals surface area contributed by atoms with Crippen LogP contribution in [0, 0.1) is 0 Å². The van der Waals surface area contributed by atoms with Gasteiger partial charge in [-0.15, -0.1) is 0 Å². The lowest BCUT2D eigenvalue weighted by Crippen LogP contribution is -2.13. The number of rotatable bonds is 5. The van der Waals surface area contributed by atoms with Gasteiger partial charge in [-0.3, -0.25) is 14.5 Å². The molecule has 4 heteroatoms. The minimum absolute atomic E-state index is 0.662. The average molecular weight is 318 g/mol. The molecule has 24 heavy (non-hydrogen) atoms. The van der Waals surface area contributed by atoms with E-state index < -0.39 is 0 Å². The van der Waals surface area contributed by atoms with Crippen molar-refractivity contribution < 1.29 is 9.59 Å². The van der Waals surface area contributed by atoms with Crippen LogP contribution in [0.2, 0.25) is 0 Å². The number of hydrogen-bond acceptors (Lipinski definition) is 2. The Morgan fingerprint density at radius 3 is 1.42 bits per heavy atom. The van der Waals surface area contributed by atoms with E-state index in [-0.39, 0.29) is 0 Å². The number of amides is 2. The number of carbonyl (C=O) groups excluding carboxylic acids is 2. The number of carbonyl (C=O) groups is 2. The van der Waals surface area contributed by atoms with Crippen molar-refractivity contribution in [3.63, 3.8) is 0 Å². The molecule has 0 bridgehead atoms. The molecule has 0 fully saturated rings. The molecule has 0 saturated carbocycles. The standard InChI is InChI=1S/C13H11NO.C7H7NO/c15-11-14(12-7-3-1-4-8-12)13-9-5-2-6-10-13;9-6-8-7-4-2-1-3-5-7/h1-11H;1-6H,(H,8,9). The summed E-state index contributed by atoms with van der Waals surface area (Å²) in [6.07, 6.45) is 1.49. The van der Waals surface area contributed by atoms with Gasteiger partial charge in [0.15, 0.2) is 0 Å². The molecule has 2 amide bonds. The van der Waals surface area contributed by atoms with Gasteiger partial charge in [0.25, 0.3) is 0 Å². The largest absolute Gasteiger partial charge is 0.329 e. The summed E-state index contributed by atoms with van der Waals surface area (Å²) in [6, 6.07) is 28.4. The maximum atomic E-state index is 11.0. The summed E-state index contributed by atoms with van der Waals surface area (Å²) in [5.74, 6) is 0. The molecule has 120 valence electrons. The predicted molar refractivity (Wildman–Crippen MR) is 97.2 cm³/mol. The van der Waals surface area contributed by atoms with Crippen LogP contribution in [0.25, 0.3) is 0 Å². The van der Waals surface area contributed by atoms with Gasteiger partial charge in [-0.25, -0.2) is 0 Å². The summed E-state index contributed by atoms with van der Waals surface area (Å²) in [5, 5.41) is 2.53. The second kappa shape index (κ2) is 9.58. The van der Waals surface area contributed by atoms with Crippen LogP contribution in [0.15, 0.2) is 91.0 Å². The lowest BCUT2D eigenvalue weighted by molar-refractivity contribution is -0.107. The molecule has 3 aromatic rings. The quantitative estimate of drug-likeness (QED) is 0.715. The molecule has 0 heterocycles. The van der Waals surface area contributed by atoms with Crippen LogP contribution < -0.4 is 10.2 Å². The zero-order chi connectivity index (χ0) is 17.0. The Balaban J connectivity index is 0.000000198. The van der Waals surface area contributed by atoms with Gasteiger partial charge in [0, 0.05) is 17.1 Å². The van der Waals surface area contributed by atoms with Gasteiger partial charge in [-0.05, 0) is 36.4 Å². The molecule has 0 atom stereocenters. The minimum atomic E-state index is 0.662. The molecule has 0 unspecified atom stereocenters. The van der Waals surface area contributed by atoms with Crippen molar-refractivity contribution >= 4 is 29.9 Å². The molecule has 3 rings (SSSR count). The van der Waals surface area contributed by atoms with E-state index in [0.29, 0.717) is 6.41 Å². The summed E-state index contributed by atoms with van der Waals surface area (Å²) >= 11 is 0. The van der Waals surface area contributed by atoms with Crippen molar-refractivity contribution in [1.82, 2.24) is 0 Å². The highest BCUT2D eigenvalue weighted by molar-refractivity contribution is 5.86. The number of anilines is 3. The van der Waals surface area contributed by atoms with Crippen molar-refractivity contribution in [2.24, 2.45) is 0 Å². The fourth-order valence-corrected chi connectivity index (χ4v) is 2.05. The van der Waals surface area contributed by atoms with Gasteiger partial charge in [0.1, 0.15) is 0 Å². The highest BCUT2D eigenvalue weighted by Gasteiger charge is 2.05. The summed E-state index contributed by atoms with van der Waals surface area (Å²) in [4.78, 5) is 22.5. The Labute approximate surface area is 141 Å². The van der Waals surface area contributed by atoms with E-state index in [0.717, 1.165) is 23.5 Å². The molecule has 1 N–H and O–H groups in total. The Kier molecular flexibility index (Phi) is 6.77. The first-order valence-corrected chi connectivity index (χ1v) is 7.45. The molecule has 3 aromatic carbocycles. The third kappa shape index (κ3) is 5.10. The SMILES string of the molecule is O=CN(c1ccccc1)c1ccccc1.O=CNc1ccccc1. The van der Waals surface area contributed by atoms with Crippen molar-refractivity contribution in [3.8, 4) is 0 Å². The van der Waals surface area contributed by atoms with Crippen LogP contribution in [-0.4, -0.2) is 12.8 Å². The van der Waals surface area contributed by atoms with E-state index in [1.807, 2.05) is 91.0 Å². The van der Waals surface area contributed by atoms with Gasteiger partial charge in [-0.1, -0.05) is 54.6 Å². The van der Waals surface area contributed by atoms with Gasteiger partial charge in [-0.2, -0.15) is 0 Å².